The number of rotatable bonds is 4. The van der Waals surface area contributed by atoms with E-state index in [2.05, 4.69) is 0 Å². The third-order valence-corrected chi connectivity index (χ3v) is 3.60. The van der Waals surface area contributed by atoms with Crippen LogP contribution in [-0.4, -0.2) is 23.9 Å². The van der Waals surface area contributed by atoms with Crippen molar-refractivity contribution in [1.29, 1.82) is 0 Å². The maximum absolute atomic E-state index is 13.6. The minimum absolute atomic E-state index is 0.798. The largest absolute Gasteiger partial charge is 0.417 e. The number of alkyl halides is 6. The highest BCUT2D eigenvalue weighted by Gasteiger charge is 2.79. The predicted molar refractivity (Wildman–Crippen MR) is 76.1 cm³/mol. The van der Waals surface area contributed by atoms with Gasteiger partial charge in [0, 0.05) is 11.1 Å². The van der Waals surface area contributed by atoms with Gasteiger partial charge >= 0.3 is 12.4 Å². The number of hydrogen-bond donors (Lipinski definition) is 0. The van der Waals surface area contributed by atoms with Crippen LogP contribution in [0.15, 0.2) is 60.7 Å². The summed E-state index contributed by atoms with van der Waals surface area (Å²) in [7, 11) is 0. The fourth-order valence-electron chi connectivity index (χ4n) is 2.39. The van der Waals surface area contributed by atoms with Crippen LogP contribution in [0.3, 0.4) is 0 Å². The van der Waals surface area contributed by atoms with Crippen molar-refractivity contribution >= 4 is 11.6 Å². The van der Waals surface area contributed by atoms with Crippen molar-refractivity contribution in [3.05, 3.63) is 71.8 Å². The van der Waals surface area contributed by atoms with Crippen molar-refractivity contribution in [2.75, 3.05) is 0 Å². The summed E-state index contributed by atoms with van der Waals surface area (Å²) in [5, 5.41) is 0. The van der Waals surface area contributed by atoms with Crippen LogP contribution < -0.4 is 0 Å². The van der Waals surface area contributed by atoms with Crippen LogP contribution in [0, 0.1) is 5.41 Å². The number of carbonyl (C=O) groups excluding carboxylic acids is 2. The topological polar surface area (TPSA) is 34.1 Å². The van der Waals surface area contributed by atoms with Gasteiger partial charge in [0.25, 0.3) is 5.41 Å². The molecule has 0 aliphatic rings. The number of halogens is 6. The minimum Gasteiger partial charge on any atom is -0.292 e. The van der Waals surface area contributed by atoms with E-state index in [1.807, 2.05) is 0 Å². The fraction of sp³-hybridized carbons (Fsp3) is 0.176. The number of Topliss-reactive ketones (excluding diaryl/α,β-unsaturated/α-hetero) is 2. The van der Waals surface area contributed by atoms with E-state index < -0.39 is 40.5 Å². The second-order valence-corrected chi connectivity index (χ2v) is 5.14. The van der Waals surface area contributed by atoms with Crippen LogP contribution in [0.5, 0.6) is 0 Å². The zero-order chi connectivity index (χ0) is 18.9. The SMILES string of the molecule is O=C(c1ccccc1)C(C(=O)c1ccccc1)(C(F)(F)F)C(F)(F)F. The Morgan fingerprint density at radius 3 is 1.08 bits per heavy atom. The monoisotopic (exact) mass is 360 g/mol. The van der Waals surface area contributed by atoms with E-state index in [-0.39, 0.29) is 0 Å². The van der Waals surface area contributed by atoms with Crippen molar-refractivity contribution in [3.63, 3.8) is 0 Å². The van der Waals surface area contributed by atoms with Gasteiger partial charge in [0.2, 0.25) is 0 Å². The van der Waals surface area contributed by atoms with Gasteiger partial charge in [0.1, 0.15) is 0 Å². The summed E-state index contributed by atoms with van der Waals surface area (Å²) < 4.78 is 81.5. The standard InChI is InChI=1S/C17H10F6O2/c18-16(19,20)15(17(21,22)23,13(24)11-7-3-1-4-8-11)14(25)12-9-5-2-6-10-12/h1-10H. The maximum Gasteiger partial charge on any atom is 0.417 e. The molecule has 0 bridgehead atoms. The van der Waals surface area contributed by atoms with E-state index in [1.165, 1.54) is 12.1 Å². The Bertz CT molecular complexity index is 696. The lowest BCUT2D eigenvalue weighted by Crippen LogP contribution is -2.60. The lowest BCUT2D eigenvalue weighted by atomic mass is 9.73. The highest BCUT2D eigenvalue weighted by molar-refractivity contribution is 6.21. The van der Waals surface area contributed by atoms with Gasteiger partial charge in [-0.2, -0.15) is 26.3 Å². The first kappa shape index (κ1) is 18.7. The van der Waals surface area contributed by atoms with Gasteiger partial charge in [-0.25, -0.2) is 0 Å². The van der Waals surface area contributed by atoms with Gasteiger partial charge in [-0.15, -0.1) is 0 Å². The Morgan fingerprint density at radius 2 is 0.840 bits per heavy atom. The molecule has 0 aliphatic heterocycles. The summed E-state index contributed by atoms with van der Waals surface area (Å²) in [5.74, 6) is -4.72. The molecular weight excluding hydrogens is 350 g/mol. The van der Waals surface area contributed by atoms with Gasteiger partial charge in [-0.3, -0.25) is 9.59 Å². The molecule has 2 aromatic rings. The van der Waals surface area contributed by atoms with Gasteiger partial charge < -0.3 is 0 Å². The third-order valence-electron chi connectivity index (χ3n) is 3.60. The van der Waals surface area contributed by atoms with E-state index >= 15 is 0 Å². The first-order chi connectivity index (χ1) is 11.5. The maximum atomic E-state index is 13.6. The molecule has 2 rings (SSSR count). The molecule has 2 nitrogen and oxygen atoms in total. The van der Waals surface area contributed by atoms with Gasteiger partial charge in [0.05, 0.1) is 0 Å². The van der Waals surface area contributed by atoms with Gasteiger partial charge in [-0.1, -0.05) is 60.7 Å². The molecule has 0 N–H and O–H groups in total. The Hall–Kier alpha value is -2.64. The zero-order valence-corrected chi connectivity index (χ0v) is 12.4. The molecule has 8 heteroatoms. The zero-order valence-electron chi connectivity index (χ0n) is 12.4. The van der Waals surface area contributed by atoms with Gasteiger partial charge in [-0.05, 0) is 0 Å². The van der Waals surface area contributed by atoms with Crippen LogP contribution >= 0.6 is 0 Å². The highest BCUT2D eigenvalue weighted by atomic mass is 19.4. The van der Waals surface area contributed by atoms with Crippen molar-refractivity contribution < 1.29 is 35.9 Å². The Balaban J connectivity index is 2.79. The lowest BCUT2D eigenvalue weighted by Gasteiger charge is -2.34. The van der Waals surface area contributed by atoms with Crippen LogP contribution in [-0.2, 0) is 0 Å². The summed E-state index contributed by atoms with van der Waals surface area (Å²) >= 11 is 0. The van der Waals surface area contributed by atoms with E-state index in [9.17, 15) is 35.9 Å². The molecule has 0 fully saturated rings. The van der Waals surface area contributed by atoms with E-state index in [1.54, 1.807) is 0 Å². The molecule has 0 atom stereocenters. The highest BCUT2D eigenvalue weighted by Crippen LogP contribution is 2.54. The average molecular weight is 360 g/mol. The second-order valence-electron chi connectivity index (χ2n) is 5.14. The molecule has 132 valence electrons. The fourth-order valence-corrected chi connectivity index (χ4v) is 2.39. The normalized spacial score (nSPS) is 12.7. The predicted octanol–water partition coefficient (Wildman–Crippen LogP) is 4.86. The molecule has 25 heavy (non-hydrogen) atoms. The smallest absolute Gasteiger partial charge is 0.292 e. The summed E-state index contributed by atoms with van der Waals surface area (Å²) in [6.45, 7) is 0. The van der Waals surface area contributed by atoms with Crippen LogP contribution in [0.1, 0.15) is 20.7 Å². The van der Waals surface area contributed by atoms with E-state index in [4.69, 9.17) is 0 Å². The minimum atomic E-state index is -6.18. The first-order valence-corrected chi connectivity index (χ1v) is 6.86. The molecule has 0 heterocycles. The van der Waals surface area contributed by atoms with Crippen LogP contribution in [0.2, 0.25) is 0 Å². The third kappa shape index (κ3) is 3.04. The summed E-state index contributed by atoms with van der Waals surface area (Å²) in [4.78, 5) is 24.6. The Morgan fingerprint density at radius 1 is 0.560 bits per heavy atom. The van der Waals surface area contributed by atoms with Crippen molar-refractivity contribution in [2.24, 2.45) is 5.41 Å². The molecule has 0 spiro atoms. The number of carbonyl (C=O) groups is 2. The van der Waals surface area contributed by atoms with Crippen molar-refractivity contribution in [2.45, 2.75) is 12.4 Å². The molecular formula is C17H10F6O2. The van der Waals surface area contributed by atoms with Gasteiger partial charge in [0.15, 0.2) is 11.6 Å². The molecule has 0 amide bonds. The summed E-state index contributed by atoms with van der Waals surface area (Å²) in [5.41, 5.74) is -6.90. The quantitative estimate of drug-likeness (QED) is 0.443. The molecule has 2 aromatic carbocycles. The molecule has 0 unspecified atom stereocenters. The van der Waals surface area contributed by atoms with Crippen LogP contribution in [0.25, 0.3) is 0 Å². The first-order valence-electron chi connectivity index (χ1n) is 6.86. The molecule has 0 saturated heterocycles. The lowest BCUT2D eigenvalue weighted by molar-refractivity contribution is -0.295. The Kier molecular flexibility index (Phi) is 4.74. The second kappa shape index (κ2) is 6.34. The van der Waals surface area contributed by atoms with Crippen molar-refractivity contribution in [3.8, 4) is 0 Å². The number of benzene rings is 2. The molecule has 0 aliphatic carbocycles. The number of ketones is 2. The summed E-state index contributed by atoms with van der Waals surface area (Å²) in [6.07, 6.45) is -12.4. The van der Waals surface area contributed by atoms with E-state index in [0.717, 1.165) is 48.5 Å². The summed E-state index contributed by atoms with van der Waals surface area (Å²) in [6, 6.07) is 10.3. The average Bonchev–Trinajstić information content (AvgIpc) is 2.54. The molecule has 0 aromatic heterocycles. The Labute approximate surface area is 138 Å². The van der Waals surface area contributed by atoms with Crippen LogP contribution in [0.4, 0.5) is 26.3 Å². The van der Waals surface area contributed by atoms with Crippen molar-refractivity contribution in [1.82, 2.24) is 0 Å². The van der Waals surface area contributed by atoms with E-state index in [0.29, 0.717) is 0 Å². The molecule has 0 saturated carbocycles. The molecule has 0 radical (unpaired) electrons. The number of hydrogen-bond acceptors (Lipinski definition) is 2.